The van der Waals surface area contributed by atoms with Crippen LogP contribution < -0.4 is 9.64 Å². The van der Waals surface area contributed by atoms with Gasteiger partial charge in [-0.15, -0.1) is 0 Å². The highest BCUT2D eigenvalue weighted by atomic mass is 35.5. The van der Waals surface area contributed by atoms with E-state index >= 15 is 0 Å². The number of piperazine rings is 1. The normalized spacial score (nSPS) is 15.3. The summed E-state index contributed by atoms with van der Waals surface area (Å²) in [5.41, 5.74) is 1.08. The highest BCUT2D eigenvalue weighted by Gasteiger charge is 2.25. The highest BCUT2D eigenvalue weighted by Crippen LogP contribution is 2.29. The summed E-state index contributed by atoms with van der Waals surface area (Å²) in [6, 6.07) is 5.83. The van der Waals surface area contributed by atoms with E-state index in [0.29, 0.717) is 16.7 Å². The Morgan fingerprint density at radius 1 is 1.23 bits per heavy atom. The van der Waals surface area contributed by atoms with E-state index in [1.165, 1.54) is 0 Å². The largest absolute Gasteiger partial charge is 0.495 e. The van der Waals surface area contributed by atoms with Crippen LogP contribution in [0.3, 0.4) is 0 Å². The fourth-order valence-electron chi connectivity index (χ4n) is 2.93. The number of carbonyl (C=O) groups excluding carboxylic acids is 1. The molecule has 0 N–H and O–H groups in total. The maximum atomic E-state index is 12.4. The molecule has 0 saturated carbocycles. The average Bonchev–Trinajstić information content (AvgIpc) is 2.56. The van der Waals surface area contributed by atoms with Crippen LogP contribution in [0.5, 0.6) is 5.75 Å². The predicted octanol–water partition coefficient (Wildman–Crippen LogP) is 3.43. The minimum Gasteiger partial charge on any atom is -0.495 e. The van der Waals surface area contributed by atoms with Crippen LogP contribution >= 0.6 is 11.6 Å². The van der Waals surface area contributed by atoms with Crippen LogP contribution in [0.4, 0.5) is 5.69 Å². The number of anilines is 1. The summed E-state index contributed by atoms with van der Waals surface area (Å²) >= 11 is 6.19. The molecule has 1 saturated heterocycles. The lowest BCUT2D eigenvalue weighted by molar-refractivity contribution is -0.136. The molecule has 4 nitrogen and oxygen atoms in total. The first-order valence-corrected chi connectivity index (χ1v) is 8.35. The van der Waals surface area contributed by atoms with Crippen LogP contribution in [-0.2, 0) is 4.79 Å². The van der Waals surface area contributed by atoms with Crippen LogP contribution in [0.1, 0.15) is 26.7 Å². The van der Waals surface area contributed by atoms with Crippen molar-refractivity contribution >= 4 is 23.2 Å². The third-order valence-electron chi connectivity index (χ3n) is 4.43. The minimum absolute atomic E-state index is 0.169. The third-order valence-corrected chi connectivity index (χ3v) is 4.72. The van der Waals surface area contributed by atoms with Crippen molar-refractivity contribution in [3.8, 4) is 5.75 Å². The summed E-state index contributed by atoms with van der Waals surface area (Å²) in [5.74, 6) is 1.16. The molecule has 122 valence electrons. The van der Waals surface area contributed by atoms with Gasteiger partial charge in [0.2, 0.25) is 5.91 Å². The second-order valence-electron chi connectivity index (χ2n) is 5.64. The first kappa shape index (κ1) is 16.9. The van der Waals surface area contributed by atoms with Gasteiger partial charge in [-0.1, -0.05) is 25.4 Å². The van der Waals surface area contributed by atoms with Crippen LogP contribution in [0, 0.1) is 5.92 Å². The monoisotopic (exact) mass is 324 g/mol. The van der Waals surface area contributed by atoms with E-state index in [2.05, 4.69) is 18.7 Å². The van der Waals surface area contributed by atoms with E-state index in [4.69, 9.17) is 16.3 Å². The van der Waals surface area contributed by atoms with Gasteiger partial charge in [0, 0.05) is 37.8 Å². The molecule has 22 heavy (non-hydrogen) atoms. The van der Waals surface area contributed by atoms with Crippen LogP contribution in [0.2, 0.25) is 5.02 Å². The topological polar surface area (TPSA) is 32.8 Å². The Labute approximate surface area is 138 Å². The Balaban J connectivity index is 1.97. The van der Waals surface area contributed by atoms with Gasteiger partial charge >= 0.3 is 0 Å². The highest BCUT2D eigenvalue weighted by molar-refractivity contribution is 6.32. The van der Waals surface area contributed by atoms with Gasteiger partial charge in [-0.2, -0.15) is 0 Å². The number of nitrogens with zero attached hydrogens (tertiary/aromatic N) is 2. The van der Waals surface area contributed by atoms with Gasteiger partial charge in [-0.25, -0.2) is 0 Å². The van der Waals surface area contributed by atoms with Gasteiger partial charge in [0.05, 0.1) is 12.1 Å². The Kier molecular flexibility index (Phi) is 5.95. The number of halogens is 1. The quantitative estimate of drug-likeness (QED) is 0.832. The molecule has 0 unspecified atom stereocenters. The summed E-state index contributed by atoms with van der Waals surface area (Å²) in [6.07, 6.45) is 1.84. The predicted molar refractivity (Wildman–Crippen MR) is 90.9 cm³/mol. The minimum atomic E-state index is 0.169. The van der Waals surface area contributed by atoms with Crippen LogP contribution in [0.25, 0.3) is 0 Å². The average molecular weight is 325 g/mol. The zero-order valence-electron chi connectivity index (χ0n) is 13.6. The third kappa shape index (κ3) is 3.67. The molecule has 1 fully saturated rings. The van der Waals surface area contributed by atoms with Gasteiger partial charge in [0.15, 0.2) is 0 Å². The standard InChI is InChI=1S/C17H25ClN2O2/c1-4-13(5-2)17(21)20-10-8-19(9-11-20)14-6-7-16(22-3)15(18)12-14/h6-7,12-13H,4-5,8-11H2,1-3H3. The number of benzene rings is 1. The van der Waals surface area contributed by atoms with Crippen molar-refractivity contribution in [1.82, 2.24) is 4.90 Å². The van der Waals surface area contributed by atoms with E-state index in [0.717, 1.165) is 44.7 Å². The summed E-state index contributed by atoms with van der Waals surface area (Å²) in [5, 5.41) is 0.621. The Morgan fingerprint density at radius 3 is 2.36 bits per heavy atom. The molecule has 1 aromatic rings. The fourth-order valence-corrected chi connectivity index (χ4v) is 3.19. The van der Waals surface area contributed by atoms with E-state index in [1.807, 2.05) is 23.1 Å². The van der Waals surface area contributed by atoms with Gasteiger partial charge in [-0.3, -0.25) is 4.79 Å². The second kappa shape index (κ2) is 7.73. The van der Waals surface area contributed by atoms with E-state index in [9.17, 15) is 4.79 Å². The molecule has 0 aliphatic carbocycles. The zero-order valence-corrected chi connectivity index (χ0v) is 14.4. The second-order valence-corrected chi connectivity index (χ2v) is 6.05. The van der Waals surface area contributed by atoms with Crippen molar-refractivity contribution in [2.75, 3.05) is 38.2 Å². The van der Waals surface area contributed by atoms with Crippen molar-refractivity contribution in [3.05, 3.63) is 23.2 Å². The summed E-state index contributed by atoms with van der Waals surface area (Å²) in [4.78, 5) is 16.7. The number of rotatable bonds is 5. The first-order valence-electron chi connectivity index (χ1n) is 7.98. The van der Waals surface area contributed by atoms with Crippen molar-refractivity contribution in [2.24, 2.45) is 5.92 Å². The number of carbonyl (C=O) groups is 1. The summed E-state index contributed by atoms with van der Waals surface area (Å²) < 4.78 is 5.18. The molecule has 1 aliphatic rings. The lowest BCUT2D eigenvalue weighted by Crippen LogP contribution is -2.50. The molecule has 0 spiro atoms. The van der Waals surface area contributed by atoms with Gasteiger partial charge in [0.1, 0.15) is 5.75 Å². The molecule has 1 amide bonds. The fraction of sp³-hybridized carbons (Fsp3) is 0.588. The zero-order chi connectivity index (χ0) is 16.1. The number of methoxy groups -OCH3 is 1. The van der Waals surface area contributed by atoms with Crippen LogP contribution in [-0.4, -0.2) is 44.1 Å². The molecular formula is C17H25ClN2O2. The molecule has 0 radical (unpaired) electrons. The van der Waals surface area contributed by atoms with E-state index < -0.39 is 0 Å². The molecule has 1 heterocycles. The molecule has 0 aromatic heterocycles. The van der Waals surface area contributed by atoms with Crippen molar-refractivity contribution in [1.29, 1.82) is 0 Å². The Bertz CT molecular complexity index is 509. The SMILES string of the molecule is CCC(CC)C(=O)N1CCN(c2ccc(OC)c(Cl)c2)CC1. The maximum absolute atomic E-state index is 12.4. The molecule has 5 heteroatoms. The number of ether oxygens (including phenoxy) is 1. The van der Waals surface area contributed by atoms with Gasteiger partial charge < -0.3 is 14.5 Å². The van der Waals surface area contributed by atoms with Crippen LogP contribution in [0.15, 0.2) is 18.2 Å². The molecule has 1 aliphatic heterocycles. The van der Waals surface area contributed by atoms with Gasteiger partial charge in [-0.05, 0) is 31.0 Å². The summed E-state index contributed by atoms with van der Waals surface area (Å²) in [7, 11) is 1.61. The van der Waals surface area contributed by atoms with E-state index in [-0.39, 0.29) is 5.92 Å². The number of hydrogen-bond acceptors (Lipinski definition) is 3. The molecule has 1 aromatic carbocycles. The van der Waals surface area contributed by atoms with Crippen molar-refractivity contribution < 1.29 is 9.53 Å². The Hall–Kier alpha value is -1.42. The smallest absolute Gasteiger partial charge is 0.225 e. The van der Waals surface area contributed by atoms with Crippen molar-refractivity contribution in [3.63, 3.8) is 0 Å². The maximum Gasteiger partial charge on any atom is 0.225 e. The van der Waals surface area contributed by atoms with E-state index in [1.54, 1.807) is 7.11 Å². The molecule has 2 rings (SSSR count). The number of hydrogen-bond donors (Lipinski definition) is 0. The Morgan fingerprint density at radius 2 is 1.86 bits per heavy atom. The van der Waals surface area contributed by atoms with Crippen molar-refractivity contribution in [2.45, 2.75) is 26.7 Å². The lowest BCUT2D eigenvalue weighted by Gasteiger charge is -2.37. The lowest BCUT2D eigenvalue weighted by atomic mass is 10.0. The molecule has 0 bridgehead atoms. The number of amides is 1. The molecular weight excluding hydrogens is 300 g/mol. The first-order chi connectivity index (χ1) is 10.6. The summed E-state index contributed by atoms with van der Waals surface area (Å²) in [6.45, 7) is 7.41. The molecule has 0 atom stereocenters. The van der Waals surface area contributed by atoms with Gasteiger partial charge in [0.25, 0.3) is 0 Å².